The Balaban J connectivity index is 2.19. The molecule has 25 heavy (non-hydrogen) atoms. The van der Waals surface area contributed by atoms with Crippen LogP contribution in [0.15, 0.2) is 39.9 Å². The van der Waals surface area contributed by atoms with Crippen molar-refractivity contribution in [2.24, 2.45) is 0 Å². The van der Waals surface area contributed by atoms with Gasteiger partial charge in [-0.2, -0.15) is 0 Å². The van der Waals surface area contributed by atoms with Crippen LogP contribution in [0.2, 0.25) is 0 Å². The maximum absolute atomic E-state index is 12.2. The van der Waals surface area contributed by atoms with E-state index in [4.69, 9.17) is 0 Å². The van der Waals surface area contributed by atoms with Crippen LogP contribution in [-0.4, -0.2) is 27.4 Å². The fourth-order valence-corrected chi connectivity index (χ4v) is 4.83. The molecule has 0 aliphatic rings. The lowest BCUT2D eigenvalue weighted by Crippen LogP contribution is -2.38. The molecular formula is C18H24N2O3S2. The number of nitrogens with zero attached hydrogens (tertiary/aromatic N) is 1. The Labute approximate surface area is 153 Å². The third-order valence-corrected chi connectivity index (χ3v) is 6.86. The lowest BCUT2D eigenvalue weighted by molar-refractivity contribution is -0.116. The van der Waals surface area contributed by atoms with Crippen LogP contribution in [0.3, 0.4) is 0 Å². The number of carbonyl (C=O) groups excluding carboxylic acids is 1. The van der Waals surface area contributed by atoms with E-state index >= 15 is 0 Å². The molecule has 1 aromatic carbocycles. The molecule has 1 heterocycles. The maximum atomic E-state index is 12.2. The van der Waals surface area contributed by atoms with Gasteiger partial charge in [-0.05, 0) is 35.4 Å². The Morgan fingerprint density at radius 3 is 2.24 bits per heavy atom. The molecule has 0 bridgehead atoms. The van der Waals surface area contributed by atoms with Gasteiger partial charge in [0.15, 0.2) is 0 Å². The first-order valence-electron chi connectivity index (χ1n) is 8.32. The molecule has 1 amide bonds. The number of thiophene rings is 1. The molecule has 1 N–H and O–H groups in total. The van der Waals surface area contributed by atoms with Crippen LogP contribution in [0.25, 0.3) is 0 Å². The highest BCUT2D eigenvalue weighted by atomic mass is 32.2. The summed E-state index contributed by atoms with van der Waals surface area (Å²) >= 11 is 1.17. The molecule has 136 valence electrons. The van der Waals surface area contributed by atoms with Crippen LogP contribution in [0, 0.1) is 0 Å². The molecule has 2 rings (SSSR count). The molecule has 2 aromatic rings. The highest BCUT2D eigenvalue weighted by Gasteiger charge is 2.20. The third-order valence-electron chi connectivity index (χ3n) is 4.00. The first-order chi connectivity index (χ1) is 11.9. The fraction of sp³-hybridized carbons (Fsp3) is 0.389. The Morgan fingerprint density at radius 1 is 1.12 bits per heavy atom. The van der Waals surface area contributed by atoms with Gasteiger partial charge in [-0.3, -0.25) is 4.79 Å². The minimum absolute atomic E-state index is 0.0917. The van der Waals surface area contributed by atoms with Gasteiger partial charge in [-0.1, -0.05) is 38.1 Å². The van der Waals surface area contributed by atoms with E-state index in [1.54, 1.807) is 22.4 Å². The molecule has 7 heteroatoms. The van der Waals surface area contributed by atoms with Crippen molar-refractivity contribution in [1.29, 1.82) is 0 Å². The summed E-state index contributed by atoms with van der Waals surface area (Å²) in [6, 6.07) is 9.29. The number of rotatable bonds is 8. The molecule has 0 aliphatic carbocycles. The molecule has 0 unspecified atom stereocenters. The number of sulfonamides is 1. The van der Waals surface area contributed by atoms with Crippen LogP contribution < -0.4 is 9.62 Å². The molecule has 0 atom stereocenters. The quantitative estimate of drug-likeness (QED) is 0.765. The largest absolute Gasteiger partial charge is 0.311 e. The van der Waals surface area contributed by atoms with Gasteiger partial charge in [0.05, 0.1) is 5.69 Å². The summed E-state index contributed by atoms with van der Waals surface area (Å²) in [5.74, 6) is -0.0917. The fourth-order valence-electron chi connectivity index (χ4n) is 2.77. The van der Waals surface area contributed by atoms with Crippen molar-refractivity contribution < 1.29 is 13.2 Å². The van der Waals surface area contributed by atoms with Crippen LogP contribution in [0.1, 0.15) is 31.9 Å². The predicted octanol–water partition coefficient (Wildman–Crippen LogP) is 3.20. The summed E-state index contributed by atoms with van der Waals surface area (Å²) < 4.78 is 27.3. The van der Waals surface area contributed by atoms with Crippen molar-refractivity contribution in [3.05, 3.63) is 46.8 Å². The highest BCUT2D eigenvalue weighted by Crippen LogP contribution is 2.27. The molecule has 0 saturated carbocycles. The Morgan fingerprint density at radius 2 is 1.76 bits per heavy atom. The van der Waals surface area contributed by atoms with E-state index in [9.17, 15) is 13.2 Å². The van der Waals surface area contributed by atoms with E-state index in [1.807, 2.05) is 18.2 Å². The highest BCUT2D eigenvalue weighted by molar-refractivity contribution is 7.91. The van der Waals surface area contributed by atoms with Gasteiger partial charge in [0.25, 0.3) is 0 Å². The summed E-state index contributed by atoms with van der Waals surface area (Å²) in [5, 5.41) is 1.72. The van der Waals surface area contributed by atoms with Crippen molar-refractivity contribution in [3.63, 3.8) is 0 Å². The van der Waals surface area contributed by atoms with Gasteiger partial charge in [-0.25, -0.2) is 13.1 Å². The Bertz CT molecular complexity index is 793. The van der Waals surface area contributed by atoms with E-state index in [2.05, 4.69) is 18.6 Å². The van der Waals surface area contributed by atoms with Crippen LogP contribution in [-0.2, 0) is 27.7 Å². The zero-order chi connectivity index (χ0) is 18.4. The van der Waals surface area contributed by atoms with E-state index < -0.39 is 10.0 Å². The molecule has 1 aromatic heterocycles. The summed E-state index contributed by atoms with van der Waals surface area (Å²) in [4.78, 5) is 13.9. The minimum atomic E-state index is -3.52. The Hall–Kier alpha value is -1.70. The van der Waals surface area contributed by atoms with E-state index in [0.29, 0.717) is 6.54 Å². The van der Waals surface area contributed by atoms with Crippen molar-refractivity contribution in [2.45, 2.75) is 37.8 Å². The summed E-state index contributed by atoms with van der Waals surface area (Å²) in [7, 11) is -3.52. The average Bonchev–Trinajstić information content (AvgIpc) is 3.13. The summed E-state index contributed by atoms with van der Waals surface area (Å²) in [6.45, 7) is 6.08. The van der Waals surface area contributed by atoms with Gasteiger partial charge in [-0.15, -0.1) is 11.3 Å². The van der Waals surface area contributed by atoms with Gasteiger partial charge in [0.1, 0.15) is 4.21 Å². The Kier molecular flexibility index (Phi) is 6.75. The van der Waals surface area contributed by atoms with Crippen LogP contribution in [0.4, 0.5) is 5.69 Å². The molecule has 5 nitrogen and oxygen atoms in total. The zero-order valence-electron chi connectivity index (χ0n) is 14.8. The van der Waals surface area contributed by atoms with E-state index in [-0.39, 0.29) is 16.7 Å². The number of nitrogens with one attached hydrogen (secondary N) is 1. The smallest absolute Gasteiger partial charge is 0.250 e. The standard InChI is InChI=1S/C18H24N2O3S2/c1-4-15-8-6-9-16(5-2)18(15)20(14(3)21)12-11-19-25(22,23)17-10-7-13-24-17/h6-10,13,19H,4-5,11-12H2,1-3H3. The van der Waals surface area contributed by atoms with Crippen molar-refractivity contribution >= 4 is 33.0 Å². The average molecular weight is 381 g/mol. The normalized spacial score (nSPS) is 11.5. The molecule has 0 fully saturated rings. The molecular weight excluding hydrogens is 356 g/mol. The monoisotopic (exact) mass is 380 g/mol. The number of hydrogen-bond acceptors (Lipinski definition) is 4. The SMILES string of the molecule is CCc1cccc(CC)c1N(CCNS(=O)(=O)c1cccs1)C(C)=O. The number of hydrogen-bond donors (Lipinski definition) is 1. The van der Waals surface area contributed by atoms with Crippen molar-refractivity contribution in [2.75, 3.05) is 18.0 Å². The molecule has 0 spiro atoms. The number of aryl methyl sites for hydroxylation is 2. The number of benzene rings is 1. The van der Waals surface area contributed by atoms with Gasteiger partial charge >= 0.3 is 0 Å². The van der Waals surface area contributed by atoms with E-state index in [1.165, 1.54) is 18.3 Å². The van der Waals surface area contributed by atoms with Crippen molar-refractivity contribution in [3.8, 4) is 0 Å². The predicted molar refractivity (Wildman–Crippen MR) is 103 cm³/mol. The lowest BCUT2D eigenvalue weighted by Gasteiger charge is -2.26. The first kappa shape index (κ1) is 19.6. The van der Waals surface area contributed by atoms with Crippen molar-refractivity contribution in [1.82, 2.24) is 4.72 Å². The number of amides is 1. The first-order valence-corrected chi connectivity index (χ1v) is 10.7. The van der Waals surface area contributed by atoms with Gasteiger partial charge in [0.2, 0.25) is 15.9 Å². The number of anilines is 1. The maximum Gasteiger partial charge on any atom is 0.250 e. The minimum Gasteiger partial charge on any atom is -0.311 e. The number of carbonyl (C=O) groups is 1. The second-order valence-corrected chi connectivity index (χ2v) is 8.57. The number of para-hydroxylation sites is 1. The van der Waals surface area contributed by atoms with Gasteiger partial charge in [0, 0.05) is 20.0 Å². The topological polar surface area (TPSA) is 66.5 Å². The molecule has 0 saturated heterocycles. The third kappa shape index (κ3) is 4.68. The summed E-state index contributed by atoms with van der Waals surface area (Å²) in [5.41, 5.74) is 3.10. The van der Waals surface area contributed by atoms with E-state index in [0.717, 1.165) is 29.7 Å². The second kappa shape index (κ2) is 8.60. The van der Waals surface area contributed by atoms with Crippen LogP contribution in [0.5, 0.6) is 0 Å². The van der Waals surface area contributed by atoms with Crippen LogP contribution >= 0.6 is 11.3 Å². The summed E-state index contributed by atoms with van der Waals surface area (Å²) in [6.07, 6.45) is 1.63. The lowest BCUT2D eigenvalue weighted by atomic mass is 10.0. The molecule has 0 radical (unpaired) electrons. The molecule has 0 aliphatic heterocycles. The van der Waals surface area contributed by atoms with Gasteiger partial charge < -0.3 is 4.90 Å². The second-order valence-electron chi connectivity index (χ2n) is 5.63. The zero-order valence-corrected chi connectivity index (χ0v) is 16.4.